The van der Waals surface area contributed by atoms with Gasteiger partial charge in [-0.25, -0.2) is 0 Å². The van der Waals surface area contributed by atoms with E-state index < -0.39 is 116 Å². The molecule has 8 fully saturated rings. The molecule has 5 aliphatic heterocycles. The number of esters is 1. The lowest BCUT2D eigenvalue weighted by atomic mass is 9.46. The van der Waals surface area contributed by atoms with Gasteiger partial charge in [0.2, 0.25) is 0 Å². The molecule has 0 unspecified atom stereocenters. The molecule has 64 heavy (non-hydrogen) atoms. The van der Waals surface area contributed by atoms with Crippen molar-refractivity contribution in [2.75, 3.05) is 19.8 Å². The average Bonchev–Trinajstić information content (AvgIpc) is 3.62. The van der Waals surface area contributed by atoms with Crippen LogP contribution in [0.25, 0.3) is 0 Å². The number of allylic oxidation sites excluding steroid dienone is 1. The Hall–Kier alpha value is -1.43. The maximum Gasteiger partial charge on any atom is 0.303 e. The van der Waals surface area contributed by atoms with Gasteiger partial charge in [0.1, 0.15) is 60.5 Å². The maximum atomic E-state index is 12.8. The number of carbonyl (C=O) groups is 1. The van der Waals surface area contributed by atoms with Crippen molar-refractivity contribution in [3.8, 4) is 0 Å². The third kappa shape index (κ3) is 7.56. The fraction of sp³-hybridized carbons (Fsp3) is 0.935. The van der Waals surface area contributed by atoms with Gasteiger partial charge < -0.3 is 83.5 Å². The van der Waals surface area contributed by atoms with Gasteiger partial charge in [-0.2, -0.15) is 0 Å². The zero-order valence-electron chi connectivity index (χ0n) is 37.8. The molecule has 0 aromatic rings. The highest BCUT2D eigenvalue weighted by molar-refractivity contribution is 5.66. The molecular formula is C46H72O18. The average molecular weight is 913 g/mol. The number of aliphatic hydroxyl groups is 8. The first-order valence-electron chi connectivity index (χ1n) is 23.7. The number of aliphatic hydroxyl groups excluding tert-OH is 7. The highest BCUT2D eigenvalue weighted by atomic mass is 16.8. The van der Waals surface area contributed by atoms with Crippen molar-refractivity contribution in [2.45, 2.75) is 209 Å². The van der Waals surface area contributed by atoms with Crippen molar-refractivity contribution in [1.29, 1.82) is 0 Å². The van der Waals surface area contributed by atoms with Crippen LogP contribution in [0.15, 0.2) is 11.6 Å². The largest absolute Gasteiger partial charge is 0.454 e. The van der Waals surface area contributed by atoms with Crippen LogP contribution in [0, 0.1) is 40.4 Å². The van der Waals surface area contributed by atoms with Crippen molar-refractivity contribution >= 4 is 5.97 Å². The van der Waals surface area contributed by atoms with E-state index in [1.165, 1.54) is 12.5 Å². The minimum absolute atomic E-state index is 0.130. The summed E-state index contributed by atoms with van der Waals surface area (Å²) in [4.78, 5) is 12.2. The van der Waals surface area contributed by atoms with Gasteiger partial charge in [0.15, 0.2) is 30.8 Å². The van der Waals surface area contributed by atoms with Crippen molar-refractivity contribution in [3.63, 3.8) is 0 Å². The van der Waals surface area contributed by atoms with Crippen LogP contribution in [0.2, 0.25) is 0 Å². The summed E-state index contributed by atoms with van der Waals surface area (Å²) in [6.07, 6.45) is -11.7. The molecule has 5 heterocycles. The summed E-state index contributed by atoms with van der Waals surface area (Å²) in [5.41, 5.74) is -0.161. The first-order chi connectivity index (χ1) is 30.3. The molecule has 0 amide bonds. The maximum absolute atomic E-state index is 12.8. The van der Waals surface area contributed by atoms with Gasteiger partial charge in [0.05, 0.1) is 38.1 Å². The Morgan fingerprint density at radius 3 is 2.23 bits per heavy atom. The summed E-state index contributed by atoms with van der Waals surface area (Å²) in [6.45, 7) is 11.2. The Balaban J connectivity index is 0.938. The molecule has 364 valence electrons. The topological polar surface area (TPSA) is 262 Å². The van der Waals surface area contributed by atoms with Gasteiger partial charge in [-0.05, 0) is 87.4 Å². The van der Waals surface area contributed by atoms with E-state index in [-0.39, 0.29) is 35.4 Å². The smallest absolute Gasteiger partial charge is 0.303 e. The fourth-order valence-electron chi connectivity index (χ4n) is 14.0. The van der Waals surface area contributed by atoms with E-state index in [0.29, 0.717) is 37.2 Å². The molecule has 9 rings (SSSR count). The fourth-order valence-corrected chi connectivity index (χ4v) is 14.0. The van der Waals surface area contributed by atoms with E-state index in [2.05, 4.69) is 33.8 Å². The highest BCUT2D eigenvalue weighted by Gasteiger charge is 2.76. The summed E-state index contributed by atoms with van der Waals surface area (Å²) in [5.74, 6) is -0.167. The second kappa shape index (κ2) is 17.5. The van der Waals surface area contributed by atoms with Crippen molar-refractivity contribution in [1.82, 2.24) is 0 Å². The molecule has 8 N–H and O–H groups in total. The van der Waals surface area contributed by atoms with Gasteiger partial charge in [-0.1, -0.05) is 39.3 Å². The van der Waals surface area contributed by atoms with Crippen LogP contribution < -0.4 is 0 Å². The van der Waals surface area contributed by atoms with Crippen LogP contribution in [0.3, 0.4) is 0 Å². The van der Waals surface area contributed by atoms with Crippen molar-refractivity contribution in [3.05, 3.63) is 11.6 Å². The Labute approximate surface area is 374 Å². The molecule has 0 radical (unpaired) electrons. The third-order valence-corrected chi connectivity index (χ3v) is 17.8. The van der Waals surface area contributed by atoms with Crippen LogP contribution in [-0.2, 0) is 47.4 Å². The van der Waals surface area contributed by atoms with Crippen molar-refractivity contribution in [2.24, 2.45) is 40.4 Å². The first-order valence-corrected chi connectivity index (χ1v) is 23.7. The number of fused-ring (bicyclic) bond motifs is 7. The zero-order valence-corrected chi connectivity index (χ0v) is 37.8. The second-order valence-corrected chi connectivity index (χ2v) is 21.3. The van der Waals surface area contributed by atoms with Gasteiger partial charge in [0.25, 0.3) is 0 Å². The minimum atomic E-state index is -1.73. The lowest BCUT2D eigenvalue weighted by molar-refractivity contribution is -0.386. The lowest BCUT2D eigenvalue weighted by Crippen LogP contribution is -2.66. The van der Waals surface area contributed by atoms with Crippen molar-refractivity contribution < 1.29 is 88.3 Å². The Morgan fingerprint density at radius 1 is 0.797 bits per heavy atom. The van der Waals surface area contributed by atoms with E-state index in [0.717, 1.165) is 51.9 Å². The third-order valence-electron chi connectivity index (χ3n) is 17.8. The number of rotatable bonds is 8. The molecule has 0 aromatic carbocycles. The number of ether oxygens (including phenoxy) is 9. The monoisotopic (exact) mass is 912 g/mol. The van der Waals surface area contributed by atoms with Crippen LogP contribution in [0.1, 0.15) is 99.3 Å². The van der Waals surface area contributed by atoms with Gasteiger partial charge >= 0.3 is 5.97 Å². The molecule has 18 heteroatoms. The molecule has 4 aliphatic carbocycles. The van der Waals surface area contributed by atoms with Gasteiger partial charge in [-0.15, -0.1) is 0 Å². The Bertz CT molecular complexity index is 1730. The van der Waals surface area contributed by atoms with Crippen LogP contribution in [-0.4, -0.2) is 176 Å². The van der Waals surface area contributed by atoms with E-state index >= 15 is 0 Å². The summed E-state index contributed by atoms with van der Waals surface area (Å²) >= 11 is 0. The van der Waals surface area contributed by atoms with E-state index in [9.17, 15) is 45.6 Å². The molecule has 1 spiro atoms. The highest BCUT2D eigenvalue weighted by Crippen LogP contribution is 2.72. The lowest BCUT2D eigenvalue weighted by Gasteiger charge is -2.60. The predicted octanol–water partition coefficient (Wildman–Crippen LogP) is 0.539. The normalized spacial score (nSPS) is 56.1. The van der Waals surface area contributed by atoms with Crippen LogP contribution in [0.4, 0.5) is 0 Å². The molecule has 5 saturated heterocycles. The second-order valence-electron chi connectivity index (χ2n) is 21.3. The summed E-state index contributed by atoms with van der Waals surface area (Å²) < 4.78 is 55.4. The zero-order chi connectivity index (χ0) is 45.8. The molecule has 25 atom stereocenters. The van der Waals surface area contributed by atoms with Gasteiger partial charge in [-0.3, -0.25) is 4.79 Å². The SMILES string of the molecule is CC(=O)O[C@H]1[C@H](O[C@H]2[C@H](O[C@H]3CC[C@@]4(C)C(=CC[C@@H]5[C@@H]4CC[C@@]4(C)[C@H]5C[C@@H]5O[C@]6(CC[C@@H](C)CO6)[C@@H](C)[C@@]54O)C3)O[C@H](CO)[C@@H](O[C@@H]3OC[C@@H](O)[C@H](O)[C@H]3O)[C@@H]2O)O[C@@H](C)[C@H](O)[C@H]1O. The quantitative estimate of drug-likeness (QED) is 0.122. The molecule has 0 aromatic heterocycles. The molecule has 0 bridgehead atoms. The van der Waals surface area contributed by atoms with Gasteiger partial charge in [0, 0.05) is 24.7 Å². The standard InChI is InChI=1S/C46H72O18/c1-20-9-14-45(57-18-20)22(3)46(55)31(64-45)16-28-26-8-7-24-15-25(10-12-43(24,5)27(26)11-13-44(28,46)6)60-42-39(63-41-38(59-23(4)48)34(52)32(50)21(2)58-41)36(54)37(30(17-47)61-42)62-40-35(53)33(51)29(49)19-56-40/h7,20-22,25-42,47,49-55H,8-19H2,1-6H3/t20-,21+,22-,25+,26-,27+,28+,29-,30-,31+,32+,33+,34-,35-,36+,37-,38-,39-,40+,41+,42-,43+,44+,45-,46-/m1/s1. The van der Waals surface area contributed by atoms with Crippen LogP contribution >= 0.6 is 0 Å². The Kier molecular flexibility index (Phi) is 13.0. The van der Waals surface area contributed by atoms with Crippen LogP contribution in [0.5, 0.6) is 0 Å². The molecule has 3 saturated carbocycles. The minimum Gasteiger partial charge on any atom is -0.454 e. The summed E-state index contributed by atoms with van der Waals surface area (Å²) in [6, 6.07) is 0. The molecule has 9 aliphatic rings. The summed E-state index contributed by atoms with van der Waals surface area (Å²) in [7, 11) is 0. The number of hydrogen-bond acceptors (Lipinski definition) is 18. The number of hydrogen-bond donors (Lipinski definition) is 8. The molecular weight excluding hydrogens is 840 g/mol. The van der Waals surface area contributed by atoms with E-state index in [1.807, 2.05) is 0 Å². The van der Waals surface area contributed by atoms with E-state index in [4.69, 9.17) is 42.6 Å². The summed E-state index contributed by atoms with van der Waals surface area (Å²) in [5, 5.41) is 88.2. The van der Waals surface area contributed by atoms with E-state index in [1.54, 1.807) is 0 Å². The predicted molar refractivity (Wildman–Crippen MR) is 219 cm³/mol. The Morgan fingerprint density at radius 2 is 1.53 bits per heavy atom. The first kappa shape index (κ1) is 47.6. The molecule has 18 nitrogen and oxygen atoms in total. The number of carbonyl (C=O) groups excluding carboxylic acids is 1.